The smallest absolute Gasteiger partial charge is 0.304 e. The van der Waals surface area contributed by atoms with Crippen LogP contribution in [0, 0.1) is 6.92 Å². The van der Waals surface area contributed by atoms with Gasteiger partial charge < -0.3 is 16.0 Å². The van der Waals surface area contributed by atoms with Gasteiger partial charge in [-0.1, -0.05) is 23.5 Å². The maximum absolute atomic E-state index is 11.9. The third kappa shape index (κ3) is 2.60. The van der Waals surface area contributed by atoms with Crippen LogP contribution in [0.5, 0.6) is 0 Å². The quantitative estimate of drug-likeness (QED) is 0.728. The molecule has 0 aliphatic rings. The lowest BCUT2D eigenvalue weighted by atomic mass is 10.1. The summed E-state index contributed by atoms with van der Waals surface area (Å²) in [6.07, 6.45) is 0. The third-order valence-electron chi connectivity index (χ3n) is 2.58. The second-order valence-electron chi connectivity index (χ2n) is 3.89. The summed E-state index contributed by atoms with van der Waals surface area (Å²) < 4.78 is 0. The maximum Gasteiger partial charge on any atom is 0.304 e. The van der Waals surface area contributed by atoms with Crippen LogP contribution in [-0.2, 0) is 6.54 Å². The van der Waals surface area contributed by atoms with E-state index < -0.39 is 0 Å². The number of carbonyl (C=O) groups excluding carboxylic acids is 1. The fourth-order valence-corrected chi connectivity index (χ4v) is 2.13. The highest BCUT2D eigenvalue weighted by Gasteiger charge is 2.10. The Bertz CT molecular complexity index is 630. The van der Waals surface area contributed by atoms with Crippen LogP contribution in [0.3, 0.4) is 0 Å². The molecular formula is C12H13N3O2S. The number of aromatic nitrogens is 1. The molecule has 2 aromatic rings. The predicted octanol–water partition coefficient (Wildman–Crippen LogP) is 1.26. The molecule has 6 heteroatoms. The van der Waals surface area contributed by atoms with Crippen molar-refractivity contribution >= 4 is 22.9 Å². The Labute approximate surface area is 108 Å². The molecule has 0 bridgehead atoms. The minimum atomic E-state index is -0.247. The second kappa shape index (κ2) is 5.05. The molecule has 4 N–H and O–H groups in total. The Kier molecular flexibility index (Phi) is 3.47. The summed E-state index contributed by atoms with van der Waals surface area (Å²) in [7, 11) is 0. The number of benzene rings is 1. The maximum atomic E-state index is 11.9. The van der Waals surface area contributed by atoms with Gasteiger partial charge in [0.2, 0.25) is 0 Å². The molecule has 0 saturated heterocycles. The van der Waals surface area contributed by atoms with Crippen molar-refractivity contribution in [3.05, 3.63) is 50.1 Å². The number of hydrogen-bond donors (Lipinski definition) is 3. The molecule has 0 unspecified atom stereocenters. The van der Waals surface area contributed by atoms with E-state index in [9.17, 15) is 9.59 Å². The number of thiazole rings is 1. The highest BCUT2D eigenvalue weighted by molar-refractivity contribution is 7.07. The topological polar surface area (TPSA) is 88.0 Å². The van der Waals surface area contributed by atoms with Crippen LogP contribution < -0.4 is 15.9 Å². The minimum Gasteiger partial charge on any atom is -0.398 e. The molecule has 1 aromatic carbocycles. The van der Waals surface area contributed by atoms with Crippen LogP contribution in [-0.4, -0.2) is 10.9 Å². The molecule has 1 aromatic heterocycles. The SMILES string of the molecule is Cc1cccc(C(=O)NCc2csc(=O)[nH]2)c1N. The number of nitrogen functional groups attached to an aromatic ring is 1. The van der Waals surface area contributed by atoms with E-state index in [0.29, 0.717) is 16.9 Å². The summed E-state index contributed by atoms with van der Waals surface area (Å²) in [4.78, 5) is 25.3. The summed E-state index contributed by atoms with van der Waals surface area (Å²) >= 11 is 1.07. The molecule has 1 heterocycles. The van der Waals surface area contributed by atoms with Gasteiger partial charge in [-0.05, 0) is 18.6 Å². The van der Waals surface area contributed by atoms with E-state index in [1.807, 2.05) is 13.0 Å². The lowest BCUT2D eigenvalue weighted by Gasteiger charge is -2.08. The van der Waals surface area contributed by atoms with Crippen LogP contribution in [0.25, 0.3) is 0 Å². The number of aryl methyl sites for hydroxylation is 1. The minimum absolute atomic E-state index is 0.130. The number of H-pyrrole nitrogens is 1. The van der Waals surface area contributed by atoms with Gasteiger partial charge >= 0.3 is 4.87 Å². The van der Waals surface area contributed by atoms with E-state index in [2.05, 4.69) is 10.3 Å². The molecule has 0 aliphatic heterocycles. The summed E-state index contributed by atoms with van der Waals surface area (Å²) in [6, 6.07) is 5.31. The highest BCUT2D eigenvalue weighted by Crippen LogP contribution is 2.16. The van der Waals surface area contributed by atoms with Gasteiger partial charge in [-0.2, -0.15) is 0 Å². The lowest BCUT2D eigenvalue weighted by molar-refractivity contribution is 0.0951. The largest absolute Gasteiger partial charge is 0.398 e. The number of hydrogen-bond acceptors (Lipinski definition) is 4. The monoisotopic (exact) mass is 263 g/mol. The highest BCUT2D eigenvalue weighted by atomic mass is 32.1. The van der Waals surface area contributed by atoms with Crippen molar-refractivity contribution in [1.29, 1.82) is 0 Å². The summed E-state index contributed by atoms with van der Waals surface area (Å²) in [5.41, 5.74) is 8.32. The van der Waals surface area contributed by atoms with E-state index >= 15 is 0 Å². The Morgan fingerprint density at radius 1 is 1.50 bits per heavy atom. The molecule has 0 atom stereocenters. The molecule has 0 spiro atoms. The number of nitrogens with one attached hydrogen (secondary N) is 2. The molecule has 2 rings (SSSR count). The molecule has 5 nitrogen and oxygen atoms in total. The Hall–Kier alpha value is -2.08. The second-order valence-corrected chi connectivity index (χ2v) is 4.73. The number of carbonyl (C=O) groups is 1. The fourth-order valence-electron chi connectivity index (χ4n) is 1.55. The summed E-state index contributed by atoms with van der Waals surface area (Å²) in [5, 5.41) is 4.40. The number of para-hydroxylation sites is 1. The van der Waals surface area contributed by atoms with E-state index in [1.54, 1.807) is 17.5 Å². The number of anilines is 1. The first-order chi connectivity index (χ1) is 8.58. The Balaban J connectivity index is 2.08. The van der Waals surface area contributed by atoms with Gasteiger partial charge in [-0.15, -0.1) is 0 Å². The first-order valence-electron chi connectivity index (χ1n) is 5.38. The van der Waals surface area contributed by atoms with Crippen LogP contribution in [0.4, 0.5) is 5.69 Å². The van der Waals surface area contributed by atoms with E-state index in [-0.39, 0.29) is 17.3 Å². The number of aromatic amines is 1. The first kappa shape index (κ1) is 12.4. The average Bonchev–Trinajstić information content (AvgIpc) is 2.76. The van der Waals surface area contributed by atoms with Crippen molar-refractivity contribution in [2.45, 2.75) is 13.5 Å². The van der Waals surface area contributed by atoms with Crippen LogP contribution in [0.15, 0.2) is 28.4 Å². The van der Waals surface area contributed by atoms with Gasteiger partial charge in [0.1, 0.15) is 0 Å². The molecule has 0 saturated carbocycles. The number of amides is 1. The number of rotatable bonds is 3. The zero-order valence-corrected chi connectivity index (χ0v) is 10.6. The van der Waals surface area contributed by atoms with Gasteiger partial charge in [0.15, 0.2) is 0 Å². The number of nitrogens with two attached hydrogens (primary N) is 1. The van der Waals surface area contributed by atoms with E-state index in [4.69, 9.17) is 5.73 Å². The first-order valence-corrected chi connectivity index (χ1v) is 6.26. The zero-order valence-electron chi connectivity index (χ0n) is 9.82. The molecule has 0 radical (unpaired) electrons. The normalized spacial score (nSPS) is 10.3. The summed E-state index contributed by atoms with van der Waals surface area (Å²) in [6.45, 7) is 2.13. The van der Waals surface area contributed by atoms with Crippen molar-refractivity contribution in [3.8, 4) is 0 Å². The van der Waals surface area contributed by atoms with Gasteiger partial charge in [-0.25, -0.2) is 0 Å². The van der Waals surface area contributed by atoms with Crippen LogP contribution >= 0.6 is 11.3 Å². The van der Waals surface area contributed by atoms with Crippen molar-refractivity contribution in [3.63, 3.8) is 0 Å². The zero-order chi connectivity index (χ0) is 13.1. The van der Waals surface area contributed by atoms with Gasteiger partial charge in [0.25, 0.3) is 5.91 Å². The van der Waals surface area contributed by atoms with E-state index in [1.165, 1.54) is 0 Å². The molecule has 18 heavy (non-hydrogen) atoms. The van der Waals surface area contributed by atoms with E-state index in [0.717, 1.165) is 16.9 Å². The third-order valence-corrected chi connectivity index (χ3v) is 3.30. The van der Waals surface area contributed by atoms with Crippen LogP contribution in [0.2, 0.25) is 0 Å². The van der Waals surface area contributed by atoms with Crippen molar-refractivity contribution in [1.82, 2.24) is 10.3 Å². The Morgan fingerprint density at radius 2 is 2.28 bits per heavy atom. The van der Waals surface area contributed by atoms with Crippen LogP contribution in [0.1, 0.15) is 21.6 Å². The van der Waals surface area contributed by atoms with Gasteiger partial charge in [-0.3, -0.25) is 9.59 Å². The predicted molar refractivity (Wildman–Crippen MR) is 71.7 cm³/mol. The molecule has 0 aliphatic carbocycles. The fraction of sp³-hybridized carbons (Fsp3) is 0.167. The molecule has 0 fully saturated rings. The molecule has 94 valence electrons. The van der Waals surface area contributed by atoms with Gasteiger partial charge in [0.05, 0.1) is 12.1 Å². The van der Waals surface area contributed by atoms with Crippen molar-refractivity contribution in [2.75, 3.05) is 5.73 Å². The molecule has 1 amide bonds. The van der Waals surface area contributed by atoms with Crippen molar-refractivity contribution < 1.29 is 4.79 Å². The summed E-state index contributed by atoms with van der Waals surface area (Å²) in [5.74, 6) is -0.247. The molecular weight excluding hydrogens is 250 g/mol. The lowest BCUT2D eigenvalue weighted by Crippen LogP contribution is -2.24. The van der Waals surface area contributed by atoms with Gasteiger partial charge in [0, 0.05) is 16.8 Å². The van der Waals surface area contributed by atoms with Crippen molar-refractivity contribution in [2.24, 2.45) is 0 Å². The Morgan fingerprint density at radius 3 is 2.94 bits per heavy atom. The standard InChI is InChI=1S/C12H13N3O2S/c1-7-3-2-4-9(10(7)13)11(16)14-5-8-6-18-12(17)15-8/h2-4,6H,5,13H2,1H3,(H,14,16)(H,15,17). The average molecular weight is 263 g/mol.